The quantitative estimate of drug-likeness (QED) is 0.157. The Morgan fingerprint density at radius 3 is 2.50 bits per heavy atom. The van der Waals surface area contributed by atoms with E-state index in [4.69, 9.17) is 9.15 Å². The van der Waals surface area contributed by atoms with Gasteiger partial charge in [-0.1, -0.05) is 54.6 Å². The van der Waals surface area contributed by atoms with E-state index >= 15 is 0 Å². The van der Waals surface area contributed by atoms with Gasteiger partial charge in [-0.15, -0.1) is 0 Å². The molecule has 1 saturated heterocycles. The number of aromatic nitrogens is 2. The van der Waals surface area contributed by atoms with Gasteiger partial charge in [0.2, 0.25) is 17.7 Å². The highest BCUT2D eigenvalue weighted by Gasteiger charge is 2.43. The highest BCUT2D eigenvalue weighted by molar-refractivity contribution is 5.83. The average molecular weight is 739 g/mol. The Kier molecular flexibility index (Phi) is 11.9. The van der Waals surface area contributed by atoms with Gasteiger partial charge in [0, 0.05) is 55.8 Å². The molecule has 288 valence electrons. The lowest BCUT2D eigenvalue weighted by Gasteiger charge is -2.47. The van der Waals surface area contributed by atoms with Crippen molar-refractivity contribution in [1.82, 2.24) is 30.4 Å². The van der Waals surface area contributed by atoms with Crippen LogP contribution in [0, 0.1) is 5.92 Å². The first-order valence-corrected chi connectivity index (χ1v) is 18.8. The number of nitrogens with zero attached hydrogens (tertiary/aromatic N) is 4. The first kappa shape index (κ1) is 39.1. The van der Waals surface area contributed by atoms with E-state index < -0.39 is 41.3 Å². The standard InChI is InChI=1S/C42H54N6O6/c1-41(2,3)46-39(52)34-26-48(42(4,5)40-44-24-36(54-40)30-20-32(53-6)23-43-22-30)17-16-47(34)25-31(49)19-29(18-27-12-8-7-9-13-27)38(51)45-37-33-15-11-10-14-28(33)21-35(37)50/h7-15,20,22-24,29,31,34-35,37,49-50H,16-19,21,25-26H2,1-6H3,(H,45,51)(H,46,52)/t29-,31+,34+,35-,37+/m1/s1. The maximum absolute atomic E-state index is 14.0. The molecule has 2 aromatic carbocycles. The monoisotopic (exact) mass is 738 g/mol. The Labute approximate surface area is 317 Å². The van der Waals surface area contributed by atoms with Gasteiger partial charge in [0.25, 0.3) is 0 Å². The van der Waals surface area contributed by atoms with Gasteiger partial charge in [-0.3, -0.25) is 24.4 Å². The maximum atomic E-state index is 14.0. The van der Waals surface area contributed by atoms with E-state index in [1.807, 2.05) is 100 Å². The largest absolute Gasteiger partial charge is 0.495 e. The minimum Gasteiger partial charge on any atom is -0.495 e. The van der Waals surface area contributed by atoms with Crippen molar-refractivity contribution in [3.63, 3.8) is 0 Å². The summed E-state index contributed by atoms with van der Waals surface area (Å²) in [7, 11) is 1.59. The van der Waals surface area contributed by atoms with Crippen LogP contribution < -0.4 is 15.4 Å². The zero-order chi connectivity index (χ0) is 38.6. The molecule has 0 saturated carbocycles. The van der Waals surface area contributed by atoms with Gasteiger partial charge in [0.05, 0.1) is 43.3 Å². The minimum absolute atomic E-state index is 0.141. The molecule has 0 radical (unpaired) electrons. The van der Waals surface area contributed by atoms with Crippen LogP contribution in [-0.2, 0) is 28.0 Å². The Bertz CT molecular complexity index is 1890. The number of nitrogens with one attached hydrogen (secondary N) is 2. The van der Waals surface area contributed by atoms with Crippen LogP contribution in [0.3, 0.4) is 0 Å². The summed E-state index contributed by atoms with van der Waals surface area (Å²) in [6, 6.07) is 18.3. The zero-order valence-electron chi connectivity index (χ0n) is 32.2. The highest BCUT2D eigenvalue weighted by atomic mass is 16.5. The van der Waals surface area contributed by atoms with Crippen LogP contribution in [0.2, 0.25) is 0 Å². The molecule has 12 heteroatoms. The first-order valence-electron chi connectivity index (χ1n) is 18.8. The molecule has 4 aromatic rings. The number of hydrogen-bond donors (Lipinski definition) is 4. The Hall–Kier alpha value is -4.62. The van der Waals surface area contributed by atoms with Gasteiger partial charge in [-0.2, -0.15) is 0 Å². The summed E-state index contributed by atoms with van der Waals surface area (Å²) in [5, 5.41) is 28.8. The lowest BCUT2D eigenvalue weighted by atomic mass is 9.91. The second-order valence-electron chi connectivity index (χ2n) is 16.1. The number of amides is 2. The van der Waals surface area contributed by atoms with Crippen molar-refractivity contribution in [3.8, 4) is 17.1 Å². The second-order valence-corrected chi connectivity index (χ2v) is 16.1. The van der Waals surface area contributed by atoms with Crippen molar-refractivity contribution < 1.29 is 29.0 Å². The summed E-state index contributed by atoms with van der Waals surface area (Å²) < 4.78 is 11.6. The van der Waals surface area contributed by atoms with Crippen LogP contribution in [0.25, 0.3) is 11.3 Å². The molecule has 2 amide bonds. The smallest absolute Gasteiger partial charge is 0.239 e. The normalized spacial score (nSPS) is 20.6. The molecule has 6 rings (SSSR count). The number of benzene rings is 2. The molecule has 1 aliphatic carbocycles. The molecule has 3 heterocycles. The molecular weight excluding hydrogens is 684 g/mol. The van der Waals surface area contributed by atoms with Crippen LogP contribution in [-0.4, -0.2) is 98.9 Å². The fourth-order valence-electron chi connectivity index (χ4n) is 7.61. The molecule has 1 fully saturated rings. The number of aliphatic hydroxyl groups excluding tert-OH is 2. The summed E-state index contributed by atoms with van der Waals surface area (Å²) in [6.07, 6.45) is 4.46. The molecule has 2 aromatic heterocycles. The topological polar surface area (TPSA) is 153 Å². The van der Waals surface area contributed by atoms with Crippen molar-refractivity contribution in [2.45, 2.75) is 89.3 Å². The molecule has 2 aliphatic rings. The number of methoxy groups -OCH3 is 1. The number of carbonyl (C=O) groups is 2. The molecule has 0 bridgehead atoms. The number of fused-ring (bicyclic) bond motifs is 1. The van der Waals surface area contributed by atoms with Gasteiger partial charge >= 0.3 is 0 Å². The van der Waals surface area contributed by atoms with E-state index in [-0.39, 0.29) is 24.8 Å². The summed E-state index contributed by atoms with van der Waals surface area (Å²) in [4.78, 5) is 41.0. The summed E-state index contributed by atoms with van der Waals surface area (Å²) in [5.41, 5.74) is 2.53. The number of β-amino-alcohol motifs (C(OH)–C–C–N with tert-alkyl or cyclic N) is 1. The number of carbonyl (C=O) groups excluding carboxylic acids is 2. The molecule has 54 heavy (non-hydrogen) atoms. The van der Waals surface area contributed by atoms with Crippen LogP contribution in [0.4, 0.5) is 0 Å². The van der Waals surface area contributed by atoms with Crippen molar-refractivity contribution in [1.29, 1.82) is 0 Å². The molecular formula is C42H54N6O6. The van der Waals surface area contributed by atoms with Gasteiger partial charge < -0.3 is 30.0 Å². The van der Waals surface area contributed by atoms with Crippen molar-refractivity contribution >= 4 is 11.8 Å². The summed E-state index contributed by atoms with van der Waals surface area (Å²) in [5.74, 6) is 0.757. The SMILES string of the molecule is COc1cncc(-c2cnc(C(C)(C)N3CCN(C[C@@H](O)C[C@@H](Cc4ccccc4)C(=O)N[C@H]4c5ccccc5C[C@H]4O)[C@H](C(=O)NC(C)(C)C)C3)o2)c1. The van der Waals surface area contributed by atoms with E-state index in [2.05, 4.69) is 25.5 Å². The number of aliphatic hydroxyl groups is 2. The third-order valence-electron chi connectivity index (χ3n) is 10.5. The molecule has 1 aliphatic heterocycles. The van der Waals surface area contributed by atoms with Crippen LogP contribution in [0.15, 0.2) is 83.7 Å². The molecule has 12 nitrogen and oxygen atoms in total. The number of rotatable bonds is 13. The number of pyridine rings is 1. The molecule has 4 N–H and O–H groups in total. The van der Waals surface area contributed by atoms with Crippen LogP contribution in [0.5, 0.6) is 5.75 Å². The minimum atomic E-state index is -0.902. The number of ether oxygens (including phenoxy) is 1. The summed E-state index contributed by atoms with van der Waals surface area (Å²) in [6.45, 7) is 11.6. The zero-order valence-corrected chi connectivity index (χ0v) is 32.2. The van der Waals surface area contributed by atoms with Gasteiger partial charge in [-0.05, 0) is 70.2 Å². The van der Waals surface area contributed by atoms with E-state index in [0.29, 0.717) is 49.9 Å². The Balaban J connectivity index is 1.18. The van der Waals surface area contributed by atoms with E-state index in [1.165, 1.54) is 0 Å². The van der Waals surface area contributed by atoms with E-state index in [1.54, 1.807) is 25.7 Å². The molecule has 5 atom stereocenters. The van der Waals surface area contributed by atoms with E-state index in [0.717, 1.165) is 22.3 Å². The first-order chi connectivity index (χ1) is 25.7. The fraction of sp³-hybridized carbons (Fsp3) is 0.476. The Morgan fingerprint density at radius 2 is 1.76 bits per heavy atom. The predicted octanol–water partition coefficient (Wildman–Crippen LogP) is 4.27. The lowest BCUT2D eigenvalue weighted by molar-refractivity contribution is -0.134. The molecule has 0 spiro atoms. The van der Waals surface area contributed by atoms with Crippen molar-refractivity contribution in [2.75, 3.05) is 33.3 Å². The van der Waals surface area contributed by atoms with Gasteiger partial charge in [0.1, 0.15) is 11.8 Å². The lowest BCUT2D eigenvalue weighted by Crippen LogP contribution is -2.64. The van der Waals surface area contributed by atoms with E-state index in [9.17, 15) is 19.8 Å². The summed E-state index contributed by atoms with van der Waals surface area (Å²) >= 11 is 0. The average Bonchev–Trinajstić information content (AvgIpc) is 3.77. The Morgan fingerprint density at radius 1 is 1.02 bits per heavy atom. The second kappa shape index (κ2) is 16.4. The third-order valence-corrected chi connectivity index (χ3v) is 10.5. The molecule has 0 unspecified atom stereocenters. The van der Waals surface area contributed by atoms with Gasteiger partial charge in [0.15, 0.2) is 5.76 Å². The van der Waals surface area contributed by atoms with Crippen LogP contribution in [0.1, 0.15) is 69.7 Å². The van der Waals surface area contributed by atoms with Crippen molar-refractivity contribution in [3.05, 3.63) is 102 Å². The third kappa shape index (κ3) is 9.18. The fourth-order valence-corrected chi connectivity index (χ4v) is 7.61. The van der Waals surface area contributed by atoms with Gasteiger partial charge in [-0.25, -0.2) is 4.98 Å². The van der Waals surface area contributed by atoms with Crippen molar-refractivity contribution in [2.24, 2.45) is 5.92 Å². The highest BCUT2D eigenvalue weighted by Crippen LogP contribution is 2.34. The number of piperazine rings is 1. The van der Waals surface area contributed by atoms with Crippen LogP contribution >= 0.6 is 0 Å². The number of oxazole rings is 1. The number of hydrogen-bond acceptors (Lipinski definition) is 10. The maximum Gasteiger partial charge on any atom is 0.239 e. The predicted molar refractivity (Wildman–Crippen MR) is 205 cm³/mol.